The number of ketones is 2. The van der Waals surface area contributed by atoms with Crippen LogP contribution in [0.1, 0.15) is 31.8 Å². The minimum absolute atomic E-state index is 0.310. The number of carbonyl (C=O) groups excluding carboxylic acids is 2. The molecule has 0 radical (unpaired) electrons. The van der Waals surface area contributed by atoms with Gasteiger partial charge in [0.1, 0.15) is 11.6 Å². The Bertz CT molecular complexity index is 1510. The molecule has 0 N–H and O–H groups in total. The molecular weight excluding hydrogens is 408 g/mol. The summed E-state index contributed by atoms with van der Waals surface area (Å²) >= 11 is 0. The standard InChI is InChI=1S/C27H17F2NO2/c1-30-24-5-3-2-4-21(24)22-14-18(26(31)16-6-10-19(28)11-7-16)15-23(25(22)30)27(32)17-8-12-20(29)13-9-17/h2-15H,1H3. The lowest BCUT2D eigenvalue weighted by atomic mass is 9.94. The normalized spacial score (nSPS) is 11.2. The van der Waals surface area contributed by atoms with E-state index in [-0.39, 0.29) is 11.6 Å². The molecule has 0 atom stereocenters. The van der Waals surface area contributed by atoms with Gasteiger partial charge in [0.25, 0.3) is 0 Å². The van der Waals surface area contributed by atoms with E-state index in [1.807, 2.05) is 35.9 Å². The van der Waals surface area contributed by atoms with Gasteiger partial charge >= 0.3 is 0 Å². The van der Waals surface area contributed by atoms with Crippen LogP contribution in [0, 0.1) is 11.6 Å². The number of hydrogen-bond donors (Lipinski definition) is 0. The molecule has 32 heavy (non-hydrogen) atoms. The number of benzene rings is 4. The average molecular weight is 425 g/mol. The van der Waals surface area contributed by atoms with E-state index in [2.05, 4.69) is 0 Å². The molecule has 0 saturated carbocycles. The van der Waals surface area contributed by atoms with Crippen LogP contribution < -0.4 is 0 Å². The van der Waals surface area contributed by atoms with Gasteiger partial charge in [-0.2, -0.15) is 0 Å². The van der Waals surface area contributed by atoms with Crippen molar-refractivity contribution in [1.82, 2.24) is 4.57 Å². The summed E-state index contributed by atoms with van der Waals surface area (Å²) in [5, 5.41) is 1.67. The Morgan fingerprint density at radius 3 is 1.84 bits per heavy atom. The number of hydrogen-bond acceptors (Lipinski definition) is 2. The maximum atomic E-state index is 13.5. The van der Waals surface area contributed by atoms with Gasteiger partial charge in [-0.15, -0.1) is 0 Å². The van der Waals surface area contributed by atoms with Crippen molar-refractivity contribution in [3.05, 3.63) is 119 Å². The Kier molecular flexibility index (Phi) is 4.67. The zero-order valence-corrected chi connectivity index (χ0v) is 17.1. The molecule has 0 aliphatic rings. The number of fused-ring (bicyclic) bond motifs is 3. The van der Waals surface area contributed by atoms with Crippen LogP contribution in [0.5, 0.6) is 0 Å². The first-order valence-electron chi connectivity index (χ1n) is 10.1. The molecule has 0 saturated heterocycles. The van der Waals surface area contributed by atoms with Crippen LogP contribution in [0.15, 0.2) is 84.9 Å². The second-order valence-corrected chi connectivity index (χ2v) is 7.67. The van der Waals surface area contributed by atoms with Crippen molar-refractivity contribution in [1.29, 1.82) is 0 Å². The summed E-state index contributed by atoms with van der Waals surface area (Å²) in [4.78, 5) is 26.7. The molecule has 1 aromatic heterocycles. The number of halogens is 2. The third-order valence-electron chi connectivity index (χ3n) is 5.72. The molecular formula is C27H17F2NO2. The molecule has 0 amide bonds. The van der Waals surface area contributed by atoms with E-state index in [9.17, 15) is 18.4 Å². The first-order chi connectivity index (χ1) is 15.4. The molecule has 0 aliphatic carbocycles. The molecule has 1 heterocycles. The predicted molar refractivity (Wildman–Crippen MR) is 120 cm³/mol. The smallest absolute Gasteiger partial charge is 0.195 e. The Morgan fingerprint density at radius 1 is 0.656 bits per heavy atom. The van der Waals surface area contributed by atoms with Crippen LogP contribution in [0.3, 0.4) is 0 Å². The number of aryl methyl sites for hydroxylation is 1. The summed E-state index contributed by atoms with van der Waals surface area (Å²) in [6, 6.07) is 21.7. The molecule has 5 rings (SSSR count). The van der Waals surface area contributed by atoms with Gasteiger partial charge in [0.15, 0.2) is 11.6 Å². The summed E-state index contributed by atoms with van der Waals surface area (Å²) in [7, 11) is 1.87. The van der Waals surface area contributed by atoms with Gasteiger partial charge in [-0.1, -0.05) is 18.2 Å². The molecule has 0 unspecified atom stereocenters. The second kappa shape index (κ2) is 7.54. The SMILES string of the molecule is Cn1c2ccccc2c2cc(C(=O)c3ccc(F)cc3)cc(C(=O)c3ccc(F)cc3)c21. The van der Waals surface area contributed by atoms with Gasteiger partial charge in [0.2, 0.25) is 0 Å². The molecule has 0 aliphatic heterocycles. The minimum Gasteiger partial charge on any atom is -0.343 e. The van der Waals surface area contributed by atoms with Crippen LogP contribution >= 0.6 is 0 Å². The van der Waals surface area contributed by atoms with Gasteiger partial charge in [-0.25, -0.2) is 8.78 Å². The van der Waals surface area contributed by atoms with Crippen LogP contribution in [0.25, 0.3) is 21.8 Å². The Labute approximate surface area is 182 Å². The summed E-state index contributed by atoms with van der Waals surface area (Å²) in [6.45, 7) is 0. The Balaban J connectivity index is 1.78. The van der Waals surface area contributed by atoms with Crippen molar-refractivity contribution in [2.24, 2.45) is 7.05 Å². The summed E-state index contributed by atoms with van der Waals surface area (Å²) < 4.78 is 28.7. The molecule has 5 heteroatoms. The molecule has 0 fully saturated rings. The highest BCUT2D eigenvalue weighted by Gasteiger charge is 2.22. The Morgan fingerprint density at radius 2 is 1.22 bits per heavy atom. The zero-order chi connectivity index (χ0) is 22.4. The second-order valence-electron chi connectivity index (χ2n) is 7.67. The van der Waals surface area contributed by atoms with Crippen molar-refractivity contribution < 1.29 is 18.4 Å². The van der Waals surface area contributed by atoms with Gasteiger partial charge in [-0.3, -0.25) is 9.59 Å². The third-order valence-corrected chi connectivity index (χ3v) is 5.72. The van der Waals surface area contributed by atoms with Crippen molar-refractivity contribution in [3.8, 4) is 0 Å². The van der Waals surface area contributed by atoms with E-state index in [0.29, 0.717) is 27.8 Å². The van der Waals surface area contributed by atoms with E-state index >= 15 is 0 Å². The van der Waals surface area contributed by atoms with E-state index in [0.717, 1.165) is 16.3 Å². The molecule has 3 nitrogen and oxygen atoms in total. The molecule has 0 bridgehead atoms. The fourth-order valence-electron chi connectivity index (χ4n) is 4.14. The van der Waals surface area contributed by atoms with Crippen molar-refractivity contribution in [3.63, 3.8) is 0 Å². The van der Waals surface area contributed by atoms with Crippen molar-refractivity contribution in [2.75, 3.05) is 0 Å². The van der Waals surface area contributed by atoms with E-state index in [1.165, 1.54) is 48.5 Å². The van der Waals surface area contributed by atoms with Crippen LogP contribution in [-0.2, 0) is 7.05 Å². The van der Waals surface area contributed by atoms with Crippen molar-refractivity contribution in [2.45, 2.75) is 0 Å². The minimum atomic E-state index is -0.434. The number of rotatable bonds is 4. The average Bonchev–Trinajstić information content (AvgIpc) is 3.11. The highest BCUT2D eigenvalue weighted by Crippen LogP contribution is 2.33. The fourth-order valence-corrected chi connectivity index (χ4v) is 4.14. The lowest BCUT2D eigenvalue weighted by Gasteiger charge is -2.10. The topological polar surface area (TPSA) is 39.1 Å². The number of aromatic nitrogens is 1. The van der Waals surface area contributed by atoms with E-state index in [4.69, 9.17) is 0 Å². The highest BCUT2D eigenvalue weighted by molar-refractivity contribution is 6.23. The number of carbonyl (C=O) groups is 2. The third kappa shape index (κ3) is 3.19. The lowest BCUT2D eigenvalue weighted by Crippen LogP contribution is -2.08. The monoisotopic (exact) mass is 425 g/mol. The first-order valence-corrected chi connectivity index (χ1v) is 10.1. The fraction of sp³-hybridized carbons (Fsp3) is 0.0370. The van der Waals surface area contributed by atoms with Crippen LogP contribution in [0.2, 0.25) is 0 Å². The molecule has 156 valence electrons. The Hall–Kier alpha value is -4.12. The van der Waals surface area contributed by atoms with Gasteiger partial charge in [0.05, 0.1) is 5.52 Å². The first kappa shape index (κ1) is 19.8. The van der Waals surface area contributed by atoms with E-state index < -0.39 is 11.6 Å². The van der Waals surface area contributed by atoms with Crippen molar-refractivity contribution >= 4 is 33.4 Å². The zero-order valence-electron chi connectivity index (χ0n) is 17.1. The summed E-state index contributed by atoms with van der Waals surface area (Å²) in [5.74, 6) is -1.49. The largest absolute Gasteiger partial charge is 0.343 e. The van der Waals surface area contributed by atoms with Gasteiger partial charge in [0, 0.05) is 45.6 Å². The maximum absolute atomic E-state index is 13.5. The van der Waals surface area contributed by atoms with E-state index in [1.54, 1.807) is 12.1 Å². The van der Waals surface area contributed by atoms with Crippen LogP contribution in [0.4, 0.5) is 8.78 Å². The number of nitrogens with zero attached hydrogens (tertiary/aromatic N) is 1. The van der Waals surface area contributed by atoms with Crippen LogP contribution in [-0.4, -0.2) is 16.1 Å². The summed E-state index contributed by atoms with van der Waals surface area (Å²) in [5.41, 5.74) is 2.93. The predicted octanol–water partition coefficient (Wildman–Crippen LogP) is 6.07. The maximum Gasteiger partial charge on any atom is 0.195 e. The molecule has 0 spiro atoms. The van der Waals surface area contributed by atoms with Gasteiger partial charge < -0.3 is 4.57 Å². The van der Waals surface area contributed by atoms with Gasteiger partial charge in [-0.05, 0) is 66.7 Å². The molecule has 5 aromatic rings. The quantitative estimate of drug-likeness (QED) is 0.328. The lowest BCUT2D eigenvalue weighted by molar-refractivity contribution is 0.103. The summed E-state index contributed by atoms with van der Waals surface area (Å²) in [6.07, 6.45) is 0. The molecule has 4 aromatic carbocycles. The highest BCUT2D eigenvalue weighted by atomic mass is 19.1. The number of para-hydroxylation sites is 1.